The Balaban J connectivity index is 1.79. The summed E-state index contributed by atoms with van der Waals surface area (Å²) in [6.07, 6.45) is -1.53. The van der Waals surface area contributed by atoms with Crippen LogP contribution in [0.15, 0.2) is 36.8 Å². The Morgan fingerprint density at radius 1 is 1.28 bits per heavy atom. The molecule has 1 saturated heterocycles. The average molecular weight is 454 g/mol. The van der Waals surface area contributed by atoms with Crippen molar-refractivity contribution in [3.8, 4) is 0 Å². The number of aliphatic hydroxyl groups is 2. The molecule has 172 valence electrons. The number of hydrogen-bond donors (Lipinski definition) is 3. The van der Waals surface area contributed by atoms with Crippen LogP contribution >= 0.6 is 0 Å². The molecule has 3 N–H and O–H groups in total. The molecule has 1 aromatic carbocycles. The number of nitrogens with one attached hydrogen (secondary N) is 1. The van der Waals surface area contributed by atoms with E-state index in [4.69, 9.17) is 4.74 Å². The number of rotatable bonds is 4. The fourth-order valence-electron chi connectivity index (χ4n) is 4.15. The van der Waals surface area contributed by atoms with Crippen molar-refractivity contribution < 1.29 is 32.5 Å². The van der Waals surface area contributed by atoms with Crippen molar-refractivity contribution in [2.24, 2.45) is 0 Å². The quantitative estimate of drug-likeness (QED) is 0.415. The topological polar surface area (TPSA) is 91.9 Å². The molecular formula is C21H22F4N4O3. The highest BCUT2D eigenvalue weighted by molar-refractivity contribution is 5.48. The van der Waals surface area contributed by atoms with Crippen molar-refractivity contribution in [1.29, 1.82) is 0 Å². The number of alkyl halides is 3. The van der Waals surface area contributed by atoms with Gasteiger partial charge in [0.15, 0.2) is 5.65 Å². The van der Waals surface area contributed by atoms with Gasteiger partial charge in [-0.25, -0.2) is 13.9 Å². The predicted octanol–water partition coefficient (Wildman–Crippen LogP) is 2.84. The molecule has 3 atom stereocenters. The summed E-state index contributed by atoms with van der Waals surface area (Å²) in [4.78, 5) is 4.26. The second kappa shape index (κ2) is 7.77. The van der Waals surface area contributed by atoms with E-state index in [-0.39, 0.29) is 30.8 Å². The summed E-state index contributed by atoms with van der Waals surface area (Å²) in [6, 6.07) is 2.12. The zero-order valence-electron chi connectivity index (χ0n) is 17.3. The van der Waals surface area contributed by atoms with E-state index in [1.54, 1.807) is 12.4 Å². The Bertz CT molecular complexity index is 1150. The van der Waals surface area contributed by atoms with E-state index in [2.05, 4.69) is 15.4 Å². The lowest BCUT2D eigenvalue weighted by Crippen LogP contribution is -2.64. The zero-order valence-corrected chi connectivity index (χ0v) is 17.3. The van der Waals surface area contributed by atoms with E-state index < -0.39 is 34.9 Å². The highest BCUT2D eigenvalue weighted by Crippen LogP contribution is 2.43. The molecule has 1 aliphatic heterocycles. The number of fused-ring (bicyclic) bond motifs is 1. The van der Waals surface area contributed by atoms with Gasteiger partial charge in [-0.2, -0.15) is 18.3 Å². The minimum atomic E-state index is -4.72. The molecule has 32 heavy (non-hydrogen) atoms. The highest BCUT2D eigenvalue weighted by atomic mass is 19.4. The van der Waals surface area contributed by atoms with Crippen molar-refractivity contribution in [2.75, 3.05) is 13.2 Å². The predicted molar refractivity (Wildman–Crippen MR) is 105 cm³/mol. The molecule has 0 radical (unpaired) electrons. The first-order valence-corrected chi connectivity index (χ1v) is 9.88. The first-order valence-electron chi connectivity index (χ1n) is 9.88. The van der Waals surface area contributed by atoms with Crippen LogP contribution in [0.5, 0.6) is 0 Å². The van der Waals surface area contributed by atoms with E-state index >= 15 is 4.39 Å². The molecule has 0 bridgehead atoms. The van der Waals surface area contributed by atoms with Crippen LogP contribution in [0, 0.1) is 12.7 Å². The standard InChI is InChI=1S/C21H22F4N4O3/c1-12-8-26-17-14(9-27-29(17)10-12)18(30)28-20(5-6-32-11-19(20,2)31)15-4-3-13(7-16(15)22)21(23,24)25/h3-4,7-10,18,28,30-31H,5-6,11H2,1-2H3/t18?,19-,20?/m0/s1. The number of halogens is 4. The molecule has 11 heteroatoms. The summed E-state index contributed by atoms with van der Waals surface area (Å²) in [5.41, 5.74) is -3.34. The van der Waals surface area contributed by atoms with E-state index in [0.717, 1.165) is 17.7 Å². The Kier molecular flexibility index (Phi) is 5.48. The normalized spacial score (nSPS) is 25.2. The second-order valence-electron chi connectivity index (χ2n) is 8.22. The number of aromatic nitrogens is 3. The number of ether oxygens (including phenoxy) is 1. The van der Waals surface area contributed by atoms with Crippen molar-refractivity contribution >= 4 is 5.65 Å². The Labute approximate surface area is 180 Å². The third kappa shape index (κ3) is 3.75. The summed E-state index contributed by atoms with van der Waals surface area (Å²) in [6.45, 7) is 3.06. The van der Waals surface area contributed by atoms with Gasteiger partial charge in [0.1, 0.15) is 17.6 Å². The minimum Gasteiger partial charge on any atom is -0.385 e. The number of benzene rings is 1. The average Bonchev–Trinajstić information content (AvgIpc) is 3.12. The lowest BCUT2D eigenvalue weighted by atomic mass is 9.71. The van der Waals surface area contributed by atoms with E-state index in [1.807, 2.05) is 6.92 Å². The number of aryl methyl sites for hydroxylation is 1. The van der Waals surface area contributed by atoms with E-state index in [1.165, 1.54) is 17.6 Å². The monoisotopic (exact) mass is 454 g/mol. The molecule has 1 fully saturated rings. The molecule has 0 saturated carbocycles. The lowest BCUT2D eigenvalue weighted by Gasteiger charge is -2.50. The van der Waals surface area contributed by atoms with Crippen LogP contribution < -0.4 is 5.32 Å². The van der Waals surface area contributed by atoms with Crippen molar-refractivity contribution in [3.63, 3.8) is 0 Å². The van der Waals surface area contributed by atoms with Crippen LogP contribution in [-0.4, -0.2) is 43.6 Å². The van der Waals surface area contributed by atoms with Crippen LogP contribution in [0.2, 0.25) is 0 Å². The molecule has 2 aromatic heterocycles. The van der Waals surface area contributed by atoms with Gasteiger partial charge in [-0.1, -0.05) is 6.07 Å². The largest absolute Gasteiger partial charge is 0.416 e. The van der Waals surface area contributed by atoms with Gasteiger partial charge >= 0.3 is 6.18 Å². The van der Waals surface area contributed by atoms with Crippen LogP contribution in [-0.2, 0) is 16.5 Å². The van der Waals surface area contributed by atoms with Crippen molar-refractivity contribution in [3.05, 3.63) is 64.9 Å². The molecule has 0 amide bonds. The fraction of sp³-hybridized carbons (Fsp3) is 0.429. The maximum atomic E-state index is 15.0. The van der Waals surface area contributed by atoms with Gasteiger partial charge in [0.05, 0.1) is 29.5 Å². The molecule has 3 aromatic rings. The van der Waals surface area contributed by atoms with Gasteiger partial charge in [0.2, 0.25) is 0 Å². The van der Waals surface area contributed by atoms with Crippen molar-refractivity contribution in [1.82, 2.24) is 19.9 Å². The van der Waals surface area contributed by atoms with Gasteiger partial charge in [-0.05, 0) is 38.0 Å². The molecule has 7 nitrogen and oxygen atoms in total. The summed E-state index contributed by atoms with van der Waals surface area (Å²) < 4.78 is 61.0. The Morgan fingerprint density at radius 2 is 2.03 bits per heavy atom. The zero-order chi connectivity index (χ0) is 23.3. The number of nitrogens with zero attached hydrogens (tertiary/aromatic N) is 3. The Morgan fingerprint density at radius 3 is 2.69 bits per heavy atom. The minimum absolute atomic E-state index is 0.00884. The molecular weight excluding hydrogens is 432 g/mol. The van der Waals surface area contributed by atoms with Gasteiger partial charge in [0.25, 0.3) is 0 Å². The smallest absolute Gasteiger partial charge is 0.385 e. The highest BCUT2D eigenvalue weighted by Gasteiger charge is 2.53. The van der Waals surface area contributed by atoms with Gasteiger partial charge in [0, 0.05) is 24.6 Å². The summed E-state index contributed by atoms with van der Waals surface area (Å²) >= 11 is 0. The van der Waals surface area contributed by atoms with Crippen LogP contribution in [0.1, 0.15) is 41.8 Å². The van der Waals surface area contributed by atoms with E-state index in [9.17, 15) is 23.4 Å². The lowest BCUT2D eigenvalue weighted by molar-refractivity contribution is -0.156. The molecule has 3 heterocycles. The maximum absolute atomic E-state index is 15.0. The van der Waals surface area contributed by atoms with Crippen LogP contribution in [0.4, 0.5) is 17.6 Å². The van der Waals surface area contributed by atoms with Gasteiger partial charge in [-0.3, -0.25) is 5.32 Å². The maximum Gasteiger partial charge on any atom is 0.416 e. The first-order chi connectivity index (χ1) is 14.9. The van der Waals surface area contributed by atoms with Gasteiger partial charge in [-0.15, -0.1) is 0 Å². The Hall–Kier alpha value is -2.60. The number of hydrogen-bond acceptors (Lipinski definition) is 6. The second-order valence-corrected chi connectivity index (χ2v) is 8.22. The summed E-state index contributed by atoms with van der Waals surface area (Å²) in [7, 11) is 0. The third-order valence-corrected chi connectivity index (χ3v) is 5.87. The molecule has 2 unspecified atom stereocenters. The first kappa shape index (κ1) is 22.6. The molecule has 0 aliphatic carbocycles. The molecule has 4 rings (SSSR count). The molecule has 0 spiro atoms. The summed E-state index contributed by atoms with van der Waals surface area (Å²) in [5, 5.41) is 29.2. The molecule has 1 aliphatic rings. The van der Waals surface area contributed by atoms with E-state index in [0.29, 0.717) is 11.7 Å². The fourth-order valence-corrected chi connectivity index (χ4v) is 4.15. The summed E-state index contributed by atoms with van der Waals surface area (Å²) in [5.74, 6) is -1.16. The van der Waals surface area contributed by atoms with Crippen LogP contribution in [0.3, 0.4) is 0 Å². The van der Waals surface area contributed by atoms with Crippen molar-refractivity contribution in [2.45, 2.75) is 43.8 Å². The number of aliphatic hydroxyl groups excluding tert-OH is 1. The van der Waals surface area contributed by atoms with Gasteiger partial charge < -0.3 is 14.9 Å². The third-order valence-electron chi connectivity index (χ3n) is 5.87. The SMILES string of the molecule is Cc1cnc2c(C(O)NC3(c4ccc(C(F)(F)F)cc4F)CCOC[C@]3(C)O)cnn2c1. The van der Waals surface area contributed by atoms with Crippen LogP contribution in [0.25, 0.3) is 5.65 Å².